The summed E-state index contributed by atoms with van der Waals surface area (Å²) in [7, 11) is 4.04. The maximum Gasteiger partial charge on any atom is 0.119 e. The van der Waals surface area contributed by atoms with Gasteiger partial charge in [-0.2, -0.15) is 0 Å². The normalized spacial score (nSPS) is 23.1. The SMILES string of the molecule is COc1ccc2c(c1)C1(Cc3ccccc3)CCN(C)C1N2Cc1ccccc1. The predicted octanol–water partition coefficient (Wildman–Crippen LogP) is 4.86. The smallest absolute Gasteiger partial charge is 0.119 e. The Bertz CT molecular complexity index is 988. The standard InChI is InChI=1S/C26H28N2O/c1-27-16-15-26(18-20-9-5-3-6-10-20)23-17-22(29-2)13-14-24(23)28(25(26)27)19-21-11-7-4-8-12-21/h3-14,17,25H,15-16,18-19H2,1-2H3. The van der Waals surface area contributed by atoms with Gasteiger partial charge >= 0.3 is 0 Å². The Balaban J connectivity index is 1.63. The van der Waals surface area contributed by atoms with Crippen LogP contribution in [0, 0.1) is 0 Å². The van der Waals surface area contributed by atoms with Crippen LogP contribution in [-0.4, -0.2) is 31.8 Å². The highest BCUT2D eigenvalue weighted by Gasteiger charge is 2.56. The van der Waals surface area contributed by atoms with Crippen LogP contribution in [0.15, 0.2) is 78.9 Å². The first kappa shape index (κ1) is 18.3. The summed E-state index contributed by atoms with van der Waals surface area (Å²) in [5.74, 6) is 0.950. The predicted molar refractivity (Wildman–Crippen MR) is 118 cm³/mol. The second-order valence-corrected chi connectivity index (χ2v) is 8.42. The fourth-order valence-electron chi connectivity index (χ4n) is 5.47. The molecule has 2 heterocycles. The number of fused-ring (bicyclic) bond motifs is 3. The summed E-state index contributed by atoms with van der Waals surface area (Å²) in [5, 5.41) is 0. The number of anilines is 1. The summed E-state index contributed by atoms with van der Waals surface area (Å²) in [5.41, 5.74) is 5.62. The topological polar surface area (TPSA) is 15.7 Å². The molecule has 3 aromatic carbocycles. The number of likely N-dealkylation sites (tertiary alicyclic amines) is 1. The molecule has 0 saturated carbocycles. The Hall–Kier alpha value is -2.78. The lowest BCUT2D eigenvalue weighted by molar-refractivity contribution is 0.247. The first-order valence-corrected chi connectivity index (χ1v) is 10.4. The minimum atomic E-state index is 0.0781. The van der Waals surface area contributed by atoms with Crippen LogP contribution < -0.4 is 9.64 Å². The molecule has 3 heteroatoms. The van der Waals surface area contributed by atoms with Crippen LogP contribution in [0.3, 0.4) is 0 Å². The molecule has 3 aromatic rings. The second kappa shape index (κ2) is 7.23. The maximum atomic E-state index is 5.63. The Morgan fingerprint density at radius 3 is 2.31 bits per heavy atom. The van der Waals surface area contributed by atoms with Crippen LogP contribution in [0.25, 0.3) is 0 Å². The van der Waals surface area contributed by atoms with Gasteiger partial charge in [-0.3, -0.25) is 4.90 Å². The van der Waals surface area contributed by atoms with E-state index >= 15 is 0 Å². The second-order valence-electron chi connectivity index (χ2n) is 8.42. The zero-order chi connectivity index (χ0) is 19.8. The van der Waals surface area contributed by atoms with E-state index < -0.39 is 0 Å². The zero-order valence-electron chi connectivity index (χ0n) is 17.2. The van der Waals surface area contributed by atoms with E-state index in [4.69, 9.17) is 4.74 Å². The summed E-state index contributed by atoms with van der Waals surface area (Å²) < 4.78 is 5.63. The molecule has 29 heavy (non-hydrogen) atoms. The summed E-state index contributed by atoms with van der Waals surface area (Å²) >= 11 is 0. The lowest BCUT2D eigenvalue weighted by Gasteiger charge is -2.37. The van der Waals surface area contributed by atoms with Crippen molar-refractivity contribution >= 4 is 5.69 Å². The summed E-state index contributed by atoms with van der Waals surface area (Å²) in [6, 6.07) is 28.4. The van der Waals surface area contributed by atoms with E-state index in [2.05, 4.69) is 95.7 Å². The van der Waals surface area contributed by atoms with Crippen molar-refractivity contribution in [3.63, 3.8) is 0 Å². The highest BCUT2D eigenvalue weighted by atomic mass is 16.5. The monoisotopic (exact) mass is 384 g/mol. The van der Waals surface area contributed by atoms with Gasteiger partial charge < -0.3 is 9.64 Å². The van der Waals surface area contributed by atoms with E-state index in [9.17, 15) is 0 Å². The highest BCUT2D eigenvalue weighted by molar-refractivity contribution is 5.67. The Labute approximate surface area is 173 Å². The maximum absolute atomic E-state index is 5.63. The third-order valence-corrected chi connectivity index (χ3v) is 6.73. The third kappa shape index (κ3) is 3.01. The Morgan fingerprint density at radius 1 is 0.931 bits per heavy atom. The molecule has 0 amide bonds. The first-order chi connectivity index (χ1) is 14.2. The van der Waals surface area contributed by atoms with Crippen LogP contribution in [0.1, 0.15) is 23.1 Å². The fourth-order valence-corrected chi connectivity index (χ4v) is 5.47. The number of hydrogen-bond acceptors (Lipinski definition) is 3. The molecule has 0 spiro atoms. The highest BCUT2D eigenvalue weighted by Crippen LogP contribution is 2.54. The van der Waals surface area contributed by atoms with E-state index in [-0.39, 0.29) is 5.41 Å². The Morgan fingerprint density at radius 2 is 1.62 bits per heavy atom. The van der Waals surface area contributed by atoms with Crippen molar-refractivity contribution in [3.05, 3.63) is 95.6 Å². The van der Waals surface area contributed by atoms with Crippen molar-refractivity contribution in [2.45, 2.75) is 31.0 Å². The van der Waals surface area contributed by atoms with E-state index in [1.165, 1.54) is 22.4 Å². The summed E-state index contributed by atoms with van der Waals surface area (Å²) in [6.45, 7) is 2.03. The lowest BCUT2D eigenvalue weighted by Crippen LogP contribution is -2.49. The van der Waals surface area contributed by atoms with Crippen molar-refractivity contribution in [1.82, 2.24) is 4.90 Å². The molecule has 1 fully saturated rings. The number of nitrogens with zero attached hydrogens (tertiary/aromatic N) is 2. The molecule has 0 N–H and O–H groups in total. The van der Waals surface area contributed by atoms with E-state index in [1.807, 2.05) is 0 Å². The van der Waals surface area contributed by atoms with E-state index in [0.29, 0.717) is 6.17 Å². The average molecular weight is 385 g/mol. The first-order valence-electron chi connectivity index (χ1n) is 10.4. The molecule has 3 nitrogen and oxygen atoms in total. The number of likely N-dealkylation sites (N-methyl/N-ethyl adjacent to an activating group) is 1. The number of methoxy groups -OCH3 is 1. The molecule has 2 atom stereocenters. The lowest BCUT2D eigenvalue weighted by atomic mass is 9.74. The summed E-state index contributed by atoms with van der Waals surface area (Å²) in [6.07, 6.45) is 2.56. The fraction of sp³-hybridized carbons (Fsp3) is 0.308. The van der Waals surface area contributed by atoms with Crippen molar-refractivity contribution in [2.24, 2.45) is 0 Å². The van der Waals surface area contributed by atoms with Gasteiger partial charge in [-0.15, -0.1) is 0 Å². The minimum absolute atomic E-state index is 0.0781. The van der Waals surface area contributed by atoms with Gasteiger partial charge in [0.15, 0.2) is 0 Å². The number of hydrogen-bond donors (Lipinski definition) is 0. The number of ether oxygens (including phenoxy) is 1. The minimum Gasteiger partial charge on any atom is -0.497 e. The molecule has 2 aliphatic heterocycles. The van der Waals surface area contributed by atoms with Crippen LogP contribution in [0.5, 0.6) is 5.75 Å². The molecule has 148 valence electrons. The molecule has 0 aromatic heterocycles. The van der Waals surface area contributed by atoms with Gasteiger partial charge in [0.1, 0.15) is 5.75 Å². The van der Waals surface area contributed by atoms with E-state index in [0.717, 1.165) is 31.7 Å². The molecule has 0 radical (unpaired) electrons. The van der Waals surface area contributed by atoms with Gasteiger partial charge in [0.25, 0.3) is 0 Å². The largest absolute Gasteiger partial charge is 0.497 e. The molecule has 1 saturated heterocycles. The Kier molecular flexibility index (Phi) is 4.56. The summed E-state index contributed by atoms with van der Waals surface area (Å²) in [4.78, 5) is 5.15. The van der Waals surface area contributed by atoms with Crippen LogP contribution in [0.4, 0.5) is 5.69 Å². The molecule has 0 bridgehead atoms. The van der Waals surface area contributed by atoms with Gasteiger partial charge in [-0.25, -0.2) is 0 Å². The molecular weight excluding hydrogens is 356 g/mol. The molecule has 2 unspecified atom stereocenters. The zero-order valence-corrected chi connectivity index (χ0v) is 17.2. The quantitative estimate of drug-likeness (QED) is 0.625. The molecular formula is C26H28N2O. The van der Waals surface area contributed by atoms with E-state index in [1.54, 1.807) is 7.11 Å². The van der Waals surface area contributed by atoms with Gasteiger partial charge in [0, 0.05) is 24.2 Å². The molecule has 2 aliphatic rings. The van der Waals surface area contributed by atoms with Gasteiger partial charge in [0.2, 0.25) is 0 Å². The van der Waals surface area contributed by atoms with Gasteiger partial charge in [0.05, 0.1) is 13.3 Å². The van der Waals surface area contributed by atoms with Crippen LogP contribution in [0.2, 0.25) is 0 Å². The molecule has 0 aliphatic carbocycles. The molecule has 5 rings (SSSR count). The van der Waals surface area contributed by atoms with Crippen molar-refractivity contribution in [3.8, 4) is 5.75 Å². The van der Waals surface area contributed by atoms with Crippen molar-refractivity contribution in [1.29, 1.82) is 0 Å². The average Bonchev–Trinajstić information content (AvgIpc) is 3.22. The van der Waals surface area contributed by atoms with Gasteiger partial charge in [-0.05, 0) is 54.8 Å². The van der Waals surface area contributed by atoms with Crippen LogP contribution in [-0.2, 0) is 18.4 Å². The van der Waals surface area contributed by atoms with Crippen molar-refractivity contribution < 1.29 is 4.74 Å². The van der Waals surface area contributed by atoms with Gasteiger partial charge in [-0.1, -0.05) is 60.7 Å². The van der Waals surface area contributed by atoms with Crippen LogP contribution >= 0.6 is 0 Å². The third-order valence-electron chi connectivity index (χ3n) is 6.73. The number of rotatable bonds is 5. The number of benzene rings is 3. The van der Waals surface area contributed by atoms with Crippen molar-refractivity contribution in [2.75, 3.05) is 25.6 Å².